The Bertz CT molecular complexity index is 469. The lowest BCUT2D eigenvalue weighted by Crippen LogP contribution is -2.39. The molecule has 1 fully saturated rings. The Morgan fingerprint density at radius 3 is 2.95 bits per heavy atom. The number of aromatic carboxylic acids is 1. The minimum atomic E-state index is -0.998. The van der Waals surface area contributed by atoms with Crippen molar-refractivity contribution in [2.75, 3.05) is 13.1 Å². The number of amides is 1. The van der Waals surface area contributed by atoms with Crippen molar-refractivity contribution in [2.45, 2.75) is 32.7 Å². The first-order valence-corrected chi connectivity index (χ1v) is 6.60. The number of aromatic nitrogens is 2. The molecule has 0 saturated carbocycles. The molecule has 2 rings (SSSR count). The minimum Gasteiger partial charge on any atom is -0.478 e. The highest BCUT2D eigenvalue weighted by Gasteiger charge is 2.20. The van der Waals surface area contributed by atoms with E-state index in [0.29, 0.717) is 18.9 Å². The van der Waals surface area contributed by atoms with Crippen molar-refractivity contribution < 1.29 is 14.7 Å². The Kier molecular flexibility index (Phi) is 4.19. The van der Waals surface area contributed by atoms with Crippen LogP contribution in [0.15, 0.2) is 12.4 Å². The van der Waals surface area contributed by atoms with Gasteiger partial charge in [-0.25, -0.2) is 4.79 Å². The summed E-state index contributed by atoms with van der Waals surface area (Å²) < 4.78 is 1.51. The highest BCUT2D eigenvalue weighted by atomic mass is 16.4. The number of carboxylic acid groups (broad SMARTS) is 1. The second-order valence-electron chi connectivity index (χ2n) is 5.13. The molecule has 1 saturated heterocycles. The first-order valence-electron chi connectivity index (χ1n) is 6.60. The molecule has 1 atom stereocenters. The highest BCUT2D eigenvalue weighted by Crippen LogP contribution is 2.16. The van der Waals surface area contributed by atoms with E-state index in [2.05, 4.69) is 12.0 Å². The fraction of sp³-hybridized carbons (Fsp3) is 0.615. The average molecular weight is 265 g/mol. The highest BCUT2D eigenvalue weighted by molar-refractivity contribution is 5.86. The third kappa shape index (κ3) is 3.56. The quantitative estimate of drug-likeness (QED) is 0.888. The van der Waals surface area contributed by atoms with Gasteiger partial charge in [-0.2, -0.15) is 5.10 Å². The molecule has 0 spiro atoms. The van der Waals surface area contributed by atoms with Crippen molar-refractivity contribution in [3.8, 4) is 0 Å². The van der Waals surface area contributed by atoms with Crippen LogP contribution < -0.4 is 0 Å². The molecule has 1 amide bonds. The van der Waals surface area contributed by atoms with Crippen LogP contribution in [0.1, 0.15) is 36.5 Å². The molecule has 0 bridgehead atoms. The van der Waals surface area contributed by atoms with Crippen LogP contribution in [0.25, 0.3) is 0 Å². The fourth-order valence-corrected chi connectivity index (χ4v) is 2.38. The predicted octanol–water partition coefficient (Wildman–Crippen LogP) is 1.23. The lowest BCUT2D eigenvalue weighted by Gasteiger charge is -2.31. The molecule has 1 aromatic rings. The van der Waals surface area contributed by atoms with Gasteiger partial charge in [0, 0.05) is 32.3 Å². The lowest BCUT2D eigenvalue weighted by molar-refractivity contribution is -0.133. The molecule has 0 aromatic carbocycles. The van der Waals surface area contributed by atoms with Crippen LogP contribution in [-0.4, -0.2) is 44.8 Å². The molecule has 1 aliphatic heterocycles. The van der Waals surface area contributed by atoms with Gasteiger partial charge in [-0.15, -0.1) is 0 Å². The fourth-order valence-electron chi connectivity index (χ4n) is 2.38. The van der Waals surface area contributed by atoms with Gasteiger partial charge in [0.1, 0.15) is 0 Å². The van der Waals surface area contributed by atoms with Crippen LogP contribution >= 0.6 is 0 Å². The number of carbonyl (C=O) groups is 2. The van der Waals surface area contributed by atoms with E-state index in [0.717, 1.165) is 19.5 Å². The molecule has 2 heterocycles. The third-order valence-electron chi connectivity index (χ3n) is 3.44. The number of carboxylic acids is 1. The Balaban J connectivity index is 1.84. The number of hydrogen-bond acceptors (Lipinski definition) is 3. The van der Waals surface area contributed by atoms with Crippen molar-refractivity contribution in [2.24, 2.45) is 5.92 Å². The molecule has 104 valence electrons. The van der Waals surface area contributed by atoms with E-state index < -0.39 is 5.97 Å². The monoisotopic (exact) mass is 265 g/mol. The van der Waals surface area contributed by atoms with Gasteiger partial charge < -0.3 is 10.0 Å². The summed E-state index contributed by atoms with van der Waals surface area (Å²) >= 11 is 0. The maximum Gasteiger partial charge on any atom is 0.338 e. The molecule has 6 heteroatoms. The standard InChI is InChI=1S/C13H19N3O3/c1-10-3-2-5-15(8-10)12(17)4-6-16-9-11(7-14-16)13(18)19/h7,9-10H,2-6,8H2,1H3,(H,18,19). The number of piperidine rings is 1. The Hall–Kier alpha value is -1.85. The minimum absolute atomic E-state index is 0.124. The summed E-state index contributed by atoms with van der Waals surface area (Å²) in [5, 5.41) is 12.7. The van der Waals surface area contributed by atoms with Crippen LogP contribution in [-0.2, 0) is 11.3 Å². The lowest BCUT2D eigenvalue weighted by atomic mass is 10.00. The number of rotatable bonds is 4. The number of likely N-dealkylation sites (tertiary alicyclic amines) is 1. The van der Waals surface area contributed by atoms with Gasteiger partial charge in [0.15, 0.2) is 0 Å². The summed E-state index contributed by atoms with van der Waals surface area (Å²) in [6.45, 7) is 4.25. The maximum atomic E-state index is 12.0. The van der Waals surface area contributed by atoms with E-state index in [4.69, 9.17) is 5.11 Å². The molecule has 1 aromatic heterocycles. The largest absolute Gasteiger partial charge is 0.478 e. The molecule has 6 nitrogen and oxygen atoms in total. The average Bonchev–Trinajstić information content (AvgIpc) is 2.85. The van der Waals surface area contributed by atoms with Gasteiger partial charge in [0.25, 0.3) is 0 Å². The summed E-state index contributed by atoms with van der Waals surface area (Å²) in [5.74, 6) is -0.303. The summed E-state index contributed by atoms with van der Waals surface area (Å²) in [5.41, 5.74) is 0.152. The zero-order valence-corrected chi connectivity index (χ0v) is 11.1. The van der Waals surface area contributed by atoms with Gasteiger partial charge in [0.2, 0.25) is 5.91 Å². The van der Waals surface area contributed by atoms with E-state index in [1.54, 1.807) is 0 Å². The van der Waals surface area contributed by atoms with Crippen molar-refractivity contribution >= 4 is 11.9 Å². The molecular weight excluding hydrogens is 246 g/mol. The summed E-state index contributed by atoms with van der Waals surface area (Å²) in [7, 11) is 0. The van der Waals surface area contributed by atoms with E-state index >= 15 is 0 Å². The summed E-state index contributed by atoms with van der Waals surface area (Å²) in [6.07, 6.45) is 5.38. The number of hydrogen-bond donors (Lipinski definition) is 1. The number of aryl methyl sites for hydroxylation is 1. The van der Waals surface area contributed by atoms with Crippen LogP contribution in [0.4, 0.5) is 0 Å². The SMILES string of the molecule is CC1CCCN(C(=O)CCn2cc(C(=O)O)cn2)C1. The third-order valence-corrected chi connectivity index (χ3v) is 3.44. The zero-order valence-electron chi connectivity index (χ0n) is 11.1. The topological polar surface area (TPSA) is 75.4 Å². The van der Waals surface area contributed by atoms with Crippen molar-refractivity contribution in [3.63, 3.8) is 0 Å². The Labute approximate surface area is 112 Å². The maximum absolute atomic E-state index is 12.0. The normalized spacial score (nSPS) is 19.4. The second-order valence-corrected chi connectivity index (χ2v) is 5.13. The van der Waals surface area contributed by atoms with E-state index in [9.17, 15) is 9.59 Å². The van der Waals surface area contributed by atoms with Gasteiger partial charge in [-0.05, 0) is 18.8 Å². The Morgan fingerprint density at radius 1 is 1.53 bits per heavy atom. The van der Waals surface area contributed by atoms with Crippen molar-refractivity contribution in [1.82, 2.24) is 14.7 Å². The van der Waals surface area contributed by atoms with E-state index in [-0.39, 0.29) is 11.5 Å². The summed E-state index contributed by atoms with van der Waals surface area (Å²) in [4.78, 5) is 24.6. The first-order chi connectivity index (χ1) is 9.06. The molecule has 0 aliphatic carbocycles. The second kappa shape index (κ2) is 5.86. The predicted molar refractivity (Wildman–Crippen MR) is 68.8 cm³/mol. The smallest absolute Gasteiger partial charge is 0.338 e. The molecular formula is C13H19N3O3. The van der Waals surface area contributed by atoms with Crippen molar-refractivity contribution in [3.05, 3.63) is 18.0 Å². The van der Waals surface area contributed by atoms with Gasteiger partial charge >= 0.3 is 5.97 Å². The zero-order chi connectivity index (χ0) is 13.8. The number of carbonyl (C=O) groups excluding carboxylic acids is 1. The van der Waals surface area contributed by atoms with E-state index in [1.807, 2.05) is 4.90 Å². The van der Waals surface area contributed by atoms with E-state index in [1.165, 1.54) is 23.5 Å². The molecule has 0 radical (unpaired) electrons. The van der Waals surface area contributed by atoms with Crippen LogP contribution in [0, 0.1) is 5.92 Å². The van der Waals surface area contributed by atoms with Crippen LogP contribution in [0.2, 0.25) is 0 Å². The molecule has 19 heavy (non-hydrogen) atoms. The van der Waals surface area contributed by atoms with Crippen LogP contribution in [0.5, 0.6) is 0 Å². The van der Waals surface area contributed by atoms with Crippen molar-refractivity contribution in [1.29, 1.82) is 0 Å². The van der Waals surface area contributed by atoms with Crippen LogP contribution in [0.3, 0.4) is 0 Å². The first kappa shape index (κ1) is 13.6. The Morgan fingerprint density at radius 2 is 2.32 bits per heavy atom. The van der Waals surface area contributed by atoms with Gasteiger partial charge in [-0.3, -0.25) is 9.48 Å². The molecule has 1 unspecified atom stereocenters. The summed E-state index contributed by atoms with van der Waals surface area (Å²) in [6, 6.07) is 0. The van der Waals surface area contributed by atoms with Gasteiger partial charge in [-0.1, -0.05) is 6.92 Å². The molecule has 1 aliphatic rings. The number of nitrogens with zero attached hydrogens (tertiary/aromatic N) is 3. The van der Waals surface area contributed by atoms with Gasteiger partial charge in [0.05, 0.1) is 11.8 Å². The molecule has 1 N–H and O–H groups in total.